The summed E-state index contributed by atoms with van der Waals surface area (Å²) in [6.07, 6.45) is -0.500. The summed E-state index contributed by atoms with van der Waals surface area (Å²) < 4.78 is 31.6. The second-order valence-electron chi connectivity index (χ2n) is 4.11. The molecule has 3 rings (SSSR count). The van der Waals surface area contributed by atoms with E-state index in [1.807, 2.05) is 109 Å². The summed E-state index contributed by atoms with van der Waals surface area (Å²) in [5, 5.41) is 0. The molecule has 0 saturated carbocycles. The van der Waals surface area contributed by atoms with Gasteiger partial charge in [0.1, 0.15) is 0 Å². The van der Waals surface area contributed by atoms with Gasteiger partial charge < -0.3 is 0 Å². The largest absolute Gasteiger partial charge is 0.457 e. The number of terminal acetylenes is 1. The van der Waals surface area contributed by atoms with Crippen LogP contribution < -0.4 is 0 Å². The van der Waals surface area contributed by atoms with Crippen LogP contribution in [0.15, 0.2) is 109 Å². The molecule has 0 unspecified atom stereocenters. The molecule has 0 saturated heterocycles. The van der Waals surface area contributed by atoms with Crippen molar-refractivity contribution < 1.29 is 13.2 Å². The molecule has 4 radical (unpaired) electrons. The molecule has 0 spiro atoms. The van der Waals surface area contributed by atoms with Crippen LogP contribution >= 0.6 is 0 Å². The van der Waals surface area contributed by atoms with Crippen molar-refractivity contribution in [2.24, 2.45) is 0 Å². The Morgan fingerprint density at radius 3 is 0.560 bits per heavy atom. The number of hydrogen-bond donors (Lipinski definition) is 0. The van der Waals surface area contributed by atoms with E-state index in [9.17, 15) is 13.2 Å². The first-order valence-corrected chi connectivity index (χ1v) is 7.11. The smallest absolute Gasteiger partial charge is 0.159 e. The standard InChI is InChI=1S/3C6H6.C3HF3.Sn/c3*1-2-4-6-5-3-1;1-2-3(4,5)6;/h3*1-6H;1H;. The summed E-state index contributed by atoms with van der Waals surface area (Å²) in [4.78, 5) is 0. The molecule has 128 valence electrons. The third-order valence-electron chi connectivity index (χ3n) is 2.16. The Kier molecular flexibility index (Phi) is 18.2. The van der Waals surface area contributed by atoms with Gasteiger partial charge in [0.2, 0.25) is 0 Å². The molecule has 0 N–H and O–H groups in total. The summed E-state index contributed by atoms with van der Waals surface area (Å²) in [7, 11) is 0. The maximum atomic E-state index is 10.5. The third-order valence-corrected chi connectivity index (χ3v) is 2.16. The monoisotopic (exact) mass is 448 g/mol. The van der Waals surface area contributed by atoms with Crippen molar-refractivity contribution in [2.75, 3.05) is 0 Å². The van der Waals surface area contributed by atoms with Crippen molar-refractivity contribution in [1.82, 2.24) is 0 Å². The van der Waals surface area contributed by atoms with E-state index in [-0.39, 0.29) is 23.9 Å². The first-order chi connectivity index (χ1) is 11.6. The molecule has 3 aromatic carbocycles. The Balaban J connectivity index is 0. The van der Waals surface area contributed by atoms with Gasteiger partial charge in [-0.3, -0.25) is 0 Å². The quantitative estimate of drug-likeness (QED) is 0.299. The van der Waals surface area contributed by atoms with Gasteiger partial charge in [-0.25, -0.2) is 0 Å². The number of benzene rings is 3. The van der Waals surface area contributed by atoms with Crippen molar-refractivity contribution in [2.45, 2.75) is 6.18 Å². The number of alkyl halides is 3. The molecule has 0 aliphatic carbocycles. The van der Waals surface area contributed by atoms with Crippen LogP contribution in [-0.4, -0.2) is 30.1 Å². The van der Waals surface area contributed by atoms with Crippen LogP contribution in [0.25, 0.3) is 0 Å². The molecule has 25 heavy (non-hydrogen) atoms. The summed E-state index contributed by atoms with van der Waals surface area (Å²) >= 11 is 0. The molecular weight excluding hydrogens is 428 g/mol. The first-order valence-electron chi connectivity index (χ1n) is 7.11. The van der Waals surface area contributed by atoms with Gasteiger partial charge in [0, 0.05) is 29.8 Å². The molecule has 0 amide bonds. The third kappa shape index (κ3) is 24.2. The Morgan fingerprint density at radius 2 is 0.520 bits per heavy atom. The van der Waals surface area contributed by atoms with Crippen molar-refractivity contribution in [3.63, 3.8) is 0 Å². The van der Waals surface area contributed by atoms with E-state index in [0.717, 1.165) is 0 Å². The number of hydrogen-bond acceptors (Lipinski definition) is 0. The zero-order valence-corrected chi connectivity index (χ0v) is 16.5. The topological polar surface area (TPSA) is 0 Å². The molecular formula is C21H19F3Sn. The molecule has 0 aromatic heterocycles. The molecule has 0 aliphatic rings. The molecule has 0 atom stereocenters. The van der Waals surface area contributed by atoms with Crippen LogP contribution in [0.2, 0.25) is 0 Å². The summed E-state index contributed by atoms with van der Waals surface area (Å²) in [6, 6.07) is 36.0. The van der Waals surface area contributed by atoms with Crippen LogP contribution in [0.3, 0.4) is 0 Å². The SMILES string of the molecule is C#CC(F)(F)F.[Sn].c1ccccc1.c1ccccc1.c1ccccc1. The fraction of sp³-hybridized carbons (Fsp3) is 0.0476. The van der Waals surface area contributed by atoms with Gasteiger partial charge in [-0.05, 0) is 0 Å². The maximum Gasteiger partial charge on any atom is 0.457 e. The summed E-state index contributed by atoms with van der Waals surface area (Å²) in [6.45, 7) is 0. The van der Waals surface area contributed by atoms with Crippen LogP contribution in [-0.2, 0) is 0 Å². The maximum absolute atomic E-state index is 10.5. The van der Waals surface area contributed by atoms with E-state index in [1.165, 1.54) is 0 Å². The number of rotatable bonds is 0. The van der Waals surface area contributed by atoms with E-state index in [4.69, 9.17) is 0 Å². The van der Waals surface area contributed by atoms with Gasteiger partial charge in [-0.15, -0.1) is 6.42 Å². The van der Waals surface area contributed by atoms with E-state index in [2.05, 4.69) is 6.42 Å². The molecule has 0 aliphatic heterocycles. The number of halogens is 3. The van der Waals surface area contributed by atoms with Gasteiger partial charge in [-0.2, -0.15) is 13.2 Å². The molecule has 0 heterocycles. The van der Waals surface area contributed by atoms with E-state index >= 15 is 0 Å². The van der Waals surface area contributed by atoms with Crippen molar-refractivity contribution in [3.8, 4) is 12.3 Å². The normalized spacial score (nSPS) is 8.24. The Bertz CT molecular complexity index is 463. The van der Waals surface area contributed by atoms with Crippen LogP contribution in [0.4, 0.5) is 13.2 Å². The Labute approximate surface area is 164 Å². The van der Waals surface area contributed by atoms with Gasteiger partial charge >= 0.3 is 6.18 Å². The summed E-state index contributed by atoms with van der Waals surface area (Å²) in [5.41, 5.74) is 0. The second kappa shape index (κ2) is 18.2. The Hall–Kier alpha value is -2.19. The molecule has 4 heteroatoms. The molecule has 0 fully saturated rings. The van der Waals surface area contributed by atoms with Crippen LogP contribution in [0.5, 0.6) is 0 Å². The molecule has 3 aromatic rings. The van der Waals surface area contributed by atoms with E-state index < -0.39 is 6.18 Å². The van der Waals surface area contributed by atoms with Gasteiger partial charge in [0.25, 0.3) is 0 Å². The molecule has 0 bridgehead atoms. The average Bonchev–Trinajstić information content (AvgIpc) is 2.67. The van der Waals surface area contributed by atoms with Gasteiger partial charge in [0.05, 0.1) is 0 Å². The zero-order valence-electron chi connectivity index (χ0n) is 13.6. The van der Waals surface area contributed by atoms with E-state index in [1.54, 1.807) is 0 Å². The fourth-order valence-corrected chi connectivity index (χ4v) is 1.15. The Morgan fingerprint density at radius 1 is 0.440 bits per heavy atom. The van der Waals surface area contributed by atoms with Gasteiger partial charge in [-0.1, -0.05) is 109 Å². The first kappa shape index (κ1) is 25.1. The van der Waals surface area contributed by atoms with E-state index in [0.29, 0.717) is 5.92 Å². The molecule has 0 nitrogen and oxygen atoms in total. The predicted octanol–water partition coefficient (Wildman–Crippen LogP) is 5.86. The van der Waals surface area contributed by atoms with Crippen LogP contribution in [0.1, 0.15) is 0 Å². The predicted molar refractivity (Wildman–Crippen MR) is 100.0 cm³/mol. The van der Waals surface area contributed by atoms with Crippen LogP contribution in [0, 0.1) is 12.3 Å². The zero-order chi connectivity index (χ0) is 17.9. The minimum atomic E-state index is -4.43. The van der Waals surface area contributed by atoms with Crippen molar-refractivity contribution in [1.29, 1.82) is 0 Å². The minimum absolute atomic E-state index is 0. The summed E-state index contributed by atoms with van der Waals surface area (Å²) in [5.74, 6) is 0.604. The minimum Gasteiger partial charge on any atom is -0.159 e. The fourth-order valence-electron chi connectivity index (χ4n) is 1.15. The van der Waals surface area contributed by atoms with Crippen molar-refractivity contribution >= 4 is 23.9 Å². The van der Waals surface area contributed by atoms with Gasteiger partial charge in [0.15, 0.2) is 0 Å². The average molecular weight is 447 g/mol. The van der Waals surface area contributed by atoms with Crippen molar-refractivity contribution in [3.05, 3.63) is 109 Å². The second-order valence-corrected chi connectivity index (χ2v) is 4.11.